The number of nitrogens with zero attached hydrogens (tertiary/aromatic N) is 1. The first kappa shape index (κ1) is 19.5. The van der Waals surface area contributed by atoms with Gasteiger partial charge in [0.05, 0.1) is 15.9 Å². The number of hydrogen-bond acceptors (Lipinski definition) is 3. The van der Waals surface area contributed by atoms with Gasteiger partial charge in [0.15, 0.2) is 0 Å². The third-order valence-electron chi connectivity index (χ3n) is 3.48. The highest BCUT2D eigenvalue weighted by Gasteiger charge is 2.13. The second kappa shape index (κ2) is 9.05. The summed E-state index contributed by atoms with van der Waals surface area (Å²) in [6, 6.07) is 6.67. The Balaban J connectivity index is 1.72. The van der Waals surface area contributed by atoms with Crippen LogP contribution in [0.25, 0.3) is 0 Å². The van der Waals surface area contributed by atoms with Crippen molar-refractivity contribution >= 4 is 39.1 Å². The molecule has 1 heterocycles. The molecule has 0 saturated carbocycles. The van der Waals surface area contributed by atoms with Crippen LogP contribution in [0, 0.1) is 11.6 Å². The lowest BCUT2D eigenvalue weighted by Crippen LogP contribution is -2.29. The normalized spacial score (nSPS) is 10.6. The first-order valence-electron chi connectivity index (χ1n) is 7.58. The second-order valence-corrected chi connectivity index (χ2v) is 7.99. The summed E-state index contributed by atoms with van der Waals surface area (Å²) < 4.78 is 27.3. The predicted molar refractivity (Wildman–Crippen MR) is 96.4 cm³/mol. The highest BCUT2D eigenvalue weighted by molar-refractivity contribution is 9.11. The SMILES string of the molecule is CN(Cc1ccc(Br)s1)C(=O)CCCNC(=O)c1ccc(F)cc1F. The topological polar surface area (TPSA) is 49.4 Å². The first-order chi connectivity index (χ1) is 11.9. The molecule has 134 valence electrons. The van der Waals surface area contributed by atoms with Gasteiger partial charge in [0.1, 0.15) is 11.6 Å². The Morgan fingerprint density at radius 3 is 2.64 bits per heavy atom. The van der Waals surface area contributed by atoms with E-state index < -0.39 is 17.5 Å². The summed E-state index contributed by atoms with van der Waals surface area (Å²) in [5.41, 5.74) is -0.215. The third-order valence-corrected chi connectivity index (χ3v) is 5.08. The summed E-state index contributed by atoms with van der Waals surface area (Å²) in [6.07, 6.45) is 0.709. The van der Waals surface area contributed by atoms with Gasteiger partial charge in [-0.15, -0.1) is 11.3 Å². The van der Waals surface area contributed by atoms with Crippen LogP contribution in [0.2, 0.25) is 0 Å². The number of rotatable bonds is 7. The summed E-state index contributed by atoms with van der Waals surface area (Å²) in [7, 11) is 1.72. The van der Waals surface area contributed by atoms with Crippen LogP contribution in [0.5, 0.6) is 0 Å². The molecule has 4 nitrogen and oxygen atoms in total. The van der Waals surface area contributed by atoms with Crippen molar-refractivity contribution < 1.29 is 18.4 Å². The van der Waals surface area contributed by atoms with Gasteiger partial charge in [0.25, 0.3) is 5.91 Å². The van der Waals surface area contributed by atoms with E-state index in [0.29, 0.717) is 19.0 Å². The molecular formula is C17H17BrF2N2O2S. The van der Waals surface area contributed by atoms with Crippen LogP contribution in [0.3, 0.4) is 0 Å². The quantitative estimate of drug-likeness (QED) is 0.675. The van der Waals surface area contributed by atoms with Gasteiger partial charge in [-0.2, -0.15) is 0 Å². The minimum atomic E-state index is -0.907. The average Bonchev–Trinajstić information content (AvgIpc) is 2.96. The molecule has 8 heteroatoms. The number of amides is 2. The van der Waals surface area contributed by atoms with E-state index in [1.807, 2.05) is 12.1 Å². The number of carbonyl (C=O) groups excluding carboxylic acids is 2. The number of halogens is 3. The number of thiophene rings is 1. The van der Waals surface area contributed by atoms with E-state index in [-0.39, 0.29) is 24.4 Å². The van der Waals surface area contributed by atoms with Crippen molar-refractivity contribution in [3.8, 4) is 0 Å². The summed E-state index contributed by atoms with van der Waals surface area (Å²) >= 11 is 4.95. The molecule has 0 unspecified atom stereocenters. The van der Waals surface area contributed by atoms with Crippen LogP contribution in [0.15, 0.2) is 34.1 Å². The van der Waals surface area contributed by atoms with Crippen molar-refractivity contribution in [1.82, 2.24) is 10.2 Å². The highest BCUT2D eigenvalue weighted by atomic mass is 79.9. The van der Waals surface area contributed by atoms with Crippen LogP contribution in [-0.2, 0) is 11.3 Å². The molecule has 25 heavy (non-hydrogen) atoms. The molecule has 0 saturated heterocycles. The van der Waals surface area contributed by atoms with E-state index in [0.717, 1.165) is 20.8 Å². The first-order valence-corrected chi connectivity index (χ1v) is 9.19. The van der Waals surface area contributed by atoms with E-state index in [2.05, 4.69) is 21.2 Å². The number of nitrogens with one attached hydrogen (secondary N) is 1. The fourth-order valence-corrected chi connectivity index (χ4v) is 3.70. The summed E-state index contributed by atoms with van der Waals surface area (Å²) in [4.78, 5) is 26.6. The summed E-state index contributed by atoms with van der Waals surface area (Å²) in [5.74, 6) is -2.30. The van der Waals surface area contributed by atoms with Gasteiger partial charge in [0, 0.05) is 31.0 Å². The maximum absolute atomic E-state index is 13.5. The van der Waals surface area contributed by atoms with E-state index in [1.165, 1.54) is 0 Å². The molecular weight excluding hydrogens is 414 g/mol. The molecule has 1 aromatic heterocycles. The Hall–Kier alpha value is -1.80. The van der Waals surface area contributed by atoms with Gasteiger partial charge >= 0.3 is 0 Å². The Bertz CT molecular complexity index is 767. The van der Waals surface area contributed by atoms with Crippen molar-refractivity contribution in [1.29, 1.82) is 0 Å². The van der Waals surface area contributed by atoms with Gasteiger partial charge in [-0.1, -0.05) is 0 Å². The molecule has 2 rings (SSSR count). The fourth-order valence-electron chi connectivity index (χ4n) is 2.16. The van der Waals surface area contributed by atoms with E-state index in [1.54, 1.807) is 23.3 Å². The molecule has 0 fully saturated rings. The van der Waals surface area contributed by atoms with Gasteiger partial charge in [-0.05, 0) is 46.6 Å². The Morgan fingerprint density at radius 2 is 2.00 bits per heavy atom. The highest BCUT2D eigenvalue weighted by Crippen LogP contribution is 2.23. The smallest absolute Gasteiger partial charge is 0.254 e. The minimum Gasteiger partial charge on any atom is -0.352 e. The molecule has 0 spiro atoms. The van der Waals surface area contributed by atoms with Crippen LogP contribution in [0.1, 0.15) is 28.1 Å². The Kier molecular flexibility index (Phi) is 7.07. The molecule has 0 aliphatic rings. The zero-order chi connectivity index (χ0) is 18.4. The Labute approximate surface area is 157 Å². The van der Waals surface area contributed by atoms with E-state index in [4.69, 9.17) is 0 Å². The van der Waals surface area contributed by atoms with Crippen molar-refractivity contribution in [3.05, 3.63) is 56.2 Å². The van der Waals surface area contributed by atoms with Gasteiger partial charge in [-0.25, -0.2) is 8.78 Å². The monoisotopic (exact) mass is 430 g/mol. The maximum Gasteiger partial charge on any atom is 0.254 e. The van der Waals surface area contributed by atoms with Crippen molar-refractivity contribution in [2.24, 2.45) is 0 Å². The van der Waals surface area contributed by atoms with Crippen molar-refractivity contribution in [2.45, 2.75) is 19.4 Å². The van der Waals surface area contributed by atoms with Gasteiger partial charge in [-0.3, -0.25) is 9.59 Å². The van der Waals surface area contributed by atoms with Crippen LogP contribution >= 0.6 is 27.3 Å². The largest absolute Gasteiger partial charge is 0.352 e. The number of hydrogen-bond donors (Lipinski definition) is 1. The number of benzene rings is 1. The molecule has 2 amide bonds. The summed E-state index contributed by atoms with van der Waals surface area (Å²) in [5, 5.41) is 2.53. The molecule has 1 N–H and O–H groups in total. The van der Waals surface area contributed by atoms with Crippen molar-refractivity contribution in [3.63, 3.8) is 0 Å². The summed E-state index contributed by atoms with van der Waals surface area (Å²) in [6.45, 7) is 0.766. The zero-order valence-corrected chi connectivity index (χ0v) is 15.9. The molecule has 0 radical (unpaired) electrons. The lowest BCUT2D eigenvalue weighted by Gasteiger charge is -2.16. The third kappa shape index (κ3) is 5.89. The molecule has 0 aliphatic heterocycles. The maximum atomic E-state index is 13.5. The predicted octanol–water partition coefficient (Wildman–Crippen LogP) is 3.96. The second-order valence-electron chi connectivity index (χ2n) is 5.44. The van der Waals surface area contributed by atoms with Crippen LogP contribution in [0.4, 0.5) is 8.78 Å². The van der Waals surface area contributed by atoms with Crippen molar-refractivity contribution in [2.75, 3.05) is 13.6 Å². The Morgan fingerprint density at radius 1 is 1.24 bits per heavy atom. The molecule has 1 aromatic carbocycles. The molecule has 0 aliphatic carbocycles. The standard InChI is InChI=1S/C17H17BrF2N2O2S/c1-22(10-12-5-7-15(18)25-12)16(23)3-2-8-21-17(24)13-6-4-11(19)9-14(13)20/h4-7,9H,2-3,8,10H2,1H3,(H,21,24). The molecule has 0 atom stereocenters. The van der Waals surface area contributed by atoms with Crippen LogP contribution in [-0.4, -0.2) is 30.3 Å². The zero-order valence-electron chi connectivity index (χ0n) is 13.5. The lowest BCUT2D eigenvalue weighted by molar-refractivity contribution is -0.130. The average molecular weight is 431 g/mol. The fraction of sp³-hybridized carbons (Fsp3) is 0.294. The van der Waals surface area contributed by atoms with Gasteiger partial charge in [0.2, 0.25) is 5.91 Å². The van der Waals surface area contributed by atoms with E-state index in [9.17, 15) is 18.4 Å². The van der Waals surface area contributed by atoms with Gasteiger partial charge < -0.3 is 10.2 Å². The molecule has 2 aromatic rings. The van der Waals surface area contributed by atoms with E-state index >= 15 is 0 Å². The number of carbonyl (C=O) groups is 2. The lowest BCUT2D eigenvalue weighted by atomic mass is 10.2. The molecule has 0 bridgehead atoms. The van der Waals surface area contributed by atoms with Crippen LogP contribution < -0.4 is 5.32 Å². The minimum absolute atomic E-state index is 0.0354.